The fraction of sp³-hybridized carbons (Fsp3) is 0.261. The maximum atomic E-state index is 13.1. The summed E-state index contributed by atoms with van der Waals surface area (Å²) in [4.78, 5) is 12.2. The largest absolute Gasteiger partial charge is 0.489 e. The first kappa shape index (κ1) is 21.6. The van der Waals surface area contributed by atoms with E-state index < -0.39 is 10.0 Å². The molecule has 4 rings (SSSR count). The topological polar surface area (TPSA) is 68.6 Å². The van der Waals surface area contributed by atoms with Crippen LogP contribution in [0.15, 0.2) is 70.4 Å². The molecule has 162 valence electrons. The van der Waals surface area contributed by atoms with Crippen molar-refractivity contribution in [3.8, 4) is 16.9 Å². The van der Waals surface area contributed by atoms with Gasteiger partial charge in [-0.1, -0.05) is 35.9 Å². The minimum atomic E-state index is -3.63. The van der Waals surface area contributed by atoms with Crippen molar-refractivity contribution in [1.29, 1.82) is 0 Å². The van der Waals surface area contributed by atoms with E-state index in [1.165, 1.54) is 14.9 Å². The van der Waals surface area contributed by atoms with E-state index in [9.17, 15) is 13.2 Å². The van der Waals surface area contributed by atoms with Crippen LogP contribution in [0.1, 0.15) is 12.1 Å². The van der Waals surface area contributed by atoms with E-state index in [-0.39, 0.29) is 23.1 Å². The van der Waals surface area contributed by atoms with Crippen molar-refractivity contribution in [3.05, 3.63) is 81.7 Å². The molecule has 0 spiro atoms. The molecule has 0 bridgehead atoms. The first-order chi connectivity index (χ1) is 14.7. The number of hydrogen-bond donors (Lipinski definition) is 0. The Kier molecular flexibility index (Phi) is 5.92. The third kappa shape index (κ3) is 4.54. The monoisotopic (exact) mass is 458 g/mol. The number of halogens is 1. The van der Waals surface area contributed by atoms with Crippen molar-refractivity contribution in [2.45, 2.75) is 24.3 Å². The molecule has 2 heterocycles. The van der Waals surface area contributed by atoms with Crippen LogP contribution in [0.3, 0.4) is 0 Å². The normalized spacial score (nSPS) is 17.1. The van der Waals surface area contributed by atoms with Crippen LogP contribution in [0.5, 0.6) is 5.75 Å². The second kappa shape index (κ2) is 8.49. The van der Waals surface area contributed by atoms with Crippen LogP contribution in [0.4, 0.5) is 0 Å². The summed E-state index contributed by atoms with van der Waals surface area (Å²) in [5, 5.41) is 0.628. The summed E-state index contributed by atoms with van der Waals surface area (Å²) in [5.74, 6) is 0.468. The maximum absolute atomic E-state index is 13.1. The van der Waals surface area contributed by atoms with E-state index in [1.807, 2.05) is 25.1 Å². The van der Waals surface area contributed by atoms with E-state index >= 15 is 0 Å². The molecule has 1 aliphatic heterocycles. The standard InChI is InChI=1S/C23H23ClN2O4S/c1-16-12-21(14-23(27)25(16)2)30-20-10-11-26(15-20)31(28,29)22-8-6-17(7-9-22)18-4-3-5-19(24)13-18/h3-9,12-14,20H,10-11,15H2,1-2H3. The van der Waals surface area contributed by atoms with Crippen molar-refractivity contribution in [3.63, 3.8) is 0 Å². The number of benzene rings is 2. The van der Waals surface area contributed by atoms with Gasteiger partial charge < -0.3 is 9.30 Å². The van der Waals surface area contributed by atoms with Crippen LogP contribution in [0, 0.1) is 6.92 Å². The van der Waals surface area contributed by atoms with Crippen LogP contribution in [0.25, 0.3) is 11.1 Å². The molecule has 0 radical (unpaired) electrons. The fourth-order valence-corrected chi connectivity index (χ4v) is 5.32. The molecule has 1 atom stereocenters. The summed E-state index contributed by atoms with van der Waals surface area (Å²) in [6, 6.07) is 17.4. The maximum Gasteiger partial charge on any atom is 0.254 e. The third-order valence-corrected chi connectivity index (χ3v) is 7.65. The van der Waals surface area contributed by atoms with Crippen LogP contribution < -0.4 is 10.3 Å². The molecule has 0 saturated carbocycles. The van der Waals surface area contributed by atoms with Crippen molar-refractivity contribution < 1.29 is 13.2 Å². The van der Waals surface area contributed by atoms with Gasteiger partial charge in [-0.3, -0.25) is 4.79 Å². The summed E-state index contributed by atoms with van der Waals surface area (Å²) in [6.07, 6.45) is 0.265. The zero-order chi connectivity index (χ0) is 22.2. The zero-order valence-corrected chi connectivity index (χ0v) is 18.9. The number of aromatic nitrogens is 1. The summed E-state index contributed by atoms with van der Waals surface area (Å²) in [5.41, 5.74) is 2.45. The predicted octanol–water partition coefficient (Wildman–Crippen LogP) is 3.86. The molecule has 0 aliphatic carbocycles. The number of hydrogen-bond acceptors (Lipinski definition) is 4. The van der Waals surface area contributed by atoms with Crippen molar-refractivity contribution >= 4 is 21.6 Å². The molecular weight excluding hydrogens is 436 g/mol. The van der Waals surface area contributed by atoms with E-state index in [0.29, 0.717) is 23.7 Å². The lowest BCUT2D eigenvalue weighted by atomic mass is 10.1. The van der Waals surface area contributed by atoms with Crippen molar-refractivity contribution in [2.75, 3.05) is 13.1 Å². The predicted molar refractivity (Wildman–Crippen MR) is 121 cm³/mol. The minimum Gasteiger partial charge on any atom is -0.489 e. The highest BCUT2D eigenvalue weighted by atomic mass is 35.5. The Morgan fingerprint density at radius 1 is 1.03 bits per heavy atom. The molecule has 0 N–H and O–H groups in total. The summed E-state index contributed by atoms with van der Waals surface area (Å²) >= 11 is 6.05. The number of rotatable bonds is 5. The molecule has 1 aromatic heterocycles. The molecule has 0 amide bonds. The Bertz CT molecular complexity index is 1270. The fourth-order valence-electron chi connectivity index (χ4n) is 3.65. The second-order valence-electron chi connectivity index (χ2n) is 7.66. The lowest BCUT2D eigenvalue weighted by molar-refractivity contribution is 0.214. The average molecular weight is 459 g/mol. The van der Waals surface area contributed by atoms with Gasteiger partial charge in [0.1, 0.15) is 11.9 Å². The highest BCUT2D eigenvalue weighted by molar-refractivity contribution is 7.89. The summed E-state index contributed by atoms with van der Waals surface area (Å²) in [7, 11) is -1.94. The lowest BCUT2D eigenvalue weighted by Crippen LogP contribution is -2.31. The van der Waals surface area contributed by atoms with Gasteiger partial charge in [0.25, 0.3) is 5.56 Å². The first-order valence-electron chi connectivity index (χ1n) is 9.94. The molecule has 1 unspecified atom stereocenters. The third-order valence-electron chi connectivity index (χ3n) is 5.54. The Labute approximate surface area is 186 Å². The SMILES string of the molecule is Cc1cc(OC2CCN(S(=O)(=O)c3ccc(-c4cccc(Cl)c4)cc3)C2)cc(=O)n1C. The average Bonchev–Trinajstić information content (AvgIpc) is 3.21. The number of ether oxygens (including phenoxy) is 1. The quantitative estimate of drug-likeness (QED) is 0.582. The molecule has 2 aromatic carbocycles. The highest BCUT2D eigenvalue weighted by Gasteiger charge is 2.33. The Hall–Kier alpha value is -2.61. The van der Waals surface area contributed by atoms with E-state index in [1.54, 1.807) is 43.4 Å². The number of sulfonamides is 1. The van der Waals surface area contributed by atoms with E-state index in [4.69, 9.17) is 16.3 Å². The summed E-state index contributed by atoms with van der Waals surface area (Å²) < 4.78 is 35.0. The Balaban J connectivity index is 1.48. The Morgan fingerprint density at radius 2 is 1.77 bits per heavy atom. The molecular formula is C23H23ClN2O4S. The number of pyridine rings is 1. The van der Waals surface area contributed by atoms with Gasteiger partial charge in [0, 0.05) is 30.4 Å². The second-order valence-corrected chi connectivity index (χ2v) is 10.0. The molecule has 6 nitrogen and oxygen atoms in total. The van der Waals surface area contributed by atoms with Crippen LogP contribution >= 0.6 is 11.6 Å². The van der Waals surface area contributed by atoms with Crippen LogP contribution in [0.2, 0.25) is 5.02 Å². The zero-order valence-electron chi connectivity index (χ0n) is 17.3. The molecule has 1 fully saturated rings. The van der Waals surface area contributed by atoms with Gasteiger partial charge in [0.15, 0.2) is 0 Å². The highest BCUT2D eigenvalue weighted by Crippen LogP contribution is 2.27. The van der Waals surface area contributed by atoms with Gasteiger partial charge in [-0.15, -0.1) is 0 Å². The van der Waals surface area contributed by atoms with Gasteiger partial charge in [-0.25, -0.2) is 8.42 Å². The van der Waals surface area contributed by atoms with Gasteiger partial charge in [0.2, 0.25) is 10.0 Å². The van der Waals surface area contributed by atoms with Crippen LogP contribution in [-0.2, 0) is 17.1 Å². The molecule has 8 heteroatoms. The first-order valence-corrected chi connectivity index (χ1v) is 11.8. The Morgan fingerprint density at radius 3 is 2.45 bits per heavy atom. The van der Waals surface area contributed by atoms with Gasteiger partial charge in [-0.05, 0) is 54.8 Å². The van der Waals surface area contributed by atoms with Gasteiger partial charge in [0.05, 0.1) is 11.4 Å². The van der Waals surface area contributed by atoms with E-state index in [0.717, 1.165) is 16.8 Å². The molecule has 3 aromatic rings. The van der Waals surface area contributed by atoms with Gasteiger partial charge in [-0.2, -0.15) is 4.31 Å². The van der Waals surface area contributed by atoms with Crippen molar-refractivity contribution in [1.82, 2.24) is 8.87 Å². The minimum absolute atomic E-state index is 0.155. The summed E-state index contributed by atoms with van der Waals surface area (Å²) in [6.45, 7) is 2.44. The van der Waals surface area contributed by atoms with Crippen molar-refractivity contribution in [2.24, 2.45) is 7.05 Å². The smallest absolute Gasteiger partial charge is 0.254 e. The molecule has 1 saturated heterocycles. The number of nitrogens with zero attached hydrogens (tertiary/aromatic N) is 2. The van der Waals surface area contributed by atoms with Crippen LogP contribution in [-0.4, -0.2) is 36.5 Å². The lowest BCUT2D eigenvalue weighted by Gasteiger charge is -2.18. The van der Waals surface area contributed by atoms with Gasteiger partial charge >= 0.3 is 0 Å². The molecule has 1 aliphatic rings. The molecule has 31 heavy (non-hydrogen) atoms. The number of aryl methyl sites for hydroxylation is 1. The van der Waals surface area contributed by atoms with E-state index in [2.05, 4.69) is 0 Å².